The van der Waals surface area contributed by atoms with Crippen molar-refractivity contribution in [1.82, 2.24) is 5.32 Å². The van der Waals surface area contributed by atoms with E-state index in [0.717, 1.165) is 18.4 Å². The first-order valence-corrected chi connectivity index (χ1v) is 7.35. The van der Waals surface area contributed by atoms with Gasteiger partial charge in [0.05, 0.1) is 10.9 Å². The Hall–Kier alpha value is -1.40. The van der Waals surface area contributed by atoms with Crippen molar-refractivity contribution in [3.05, 3.63) is 29.8 Å². The molecule has 1 fully saturated rings. The van der Waals surface area contributed by atoms with E-state index in [1.54, 1.807) is 12.1 Å². The monoisotopic (exact) mass is 268 g/mol. The van der Waals surface area contributed by atoms with Crippen LogP contribution in [0.15, 0.2) is 29.2 Å². The number of amides is 1. The van der Waals surface area contributed by atoms with Crippen molar-refractivity contribution < 1.29 is 13.2 Å². The molecule has 0 bridgehead atoms. The van der Waals surface area contributed by atoms with Gasteiger partial charge in [-0.15, -0.1) is 0 Å². The van der Waals surface area contributed by atoms with E-state index in [4.69, 9.17) is 5.14 Å². The second-order valence-electron chi connectivity index (χ2n) is 4.62. The van der Waals surface area contributed by atoms with Crippen LogP contribution >= 0.6 is 0 Å². The van der Waals surface area contributed by atoms with Crippen LogP contribution in [0.25, 0.3) is 0 Å². The summed E-state index contributed by atoms with van der Waals surface area (Å²) in [5.41, 5.74) is 0.858. The summed E-state index contributed by atoms with van der Waals surface area (Å²) in [6.07, 6.45) is 1.92. The second kappa shape index (κ2) is 4.70. The quantitative estimate of drug-likeness (QED) is 0.851. The van der Waals surface area contributed by atoms with Gasteiger partial charge in [0.1, 0.15) is 0 Å². The number of primary sulfonamides is 1. The third kappa shape index (κ3) is 3.08. The maximum absolute atomic E-state index is 11.6. The van der Waals surface area contributed by atoms with Crippen molar-refractivity contribution in [2.24, 2.45) is 11.1 Å². The fourth-order valence-corrected chi connectivity index (χ4v) is 2.22. The number of carbonyl (C=O) groups is 1. The minimum atomic E-state index is -3.66. The molecule has 2 rings (SSSR count). The minimum Gasteiger partial charge on any atom is -0.349 e. The summed E-state index contributed by atoms with van der Waals surface area (Å²) in [5.74, 6) is 0.231. The summed E-state index contributed by atoms with van der Waals surface area (Å²) >= 11 is 0. The zero-order valence-corrected chi connectivity index (χ0v) is 10.9. The first-order chi connectivity index (χ1) is 8.38. The molecule has 6 heteroatoms. The predicted octanol–water partition coefficient (Wildman–Crippen LogP) is 0.921. The van der Waals surface area contributed by atoms with Gasteiger partial charge in [-0.3, -0.25) is 4.79 Å². The van der Waals surface area contributed by atoms with Crippen molar-refractivity contribution in [2.45, 2.75) is 30.7 Å². The maximum atomic E-state index is 11.6. The van der Waals surface area contributed by atoms with Crippen molar-refractivity contribution in [3.8, 4) is 0 Å². The molecule has 0 aliphatic heterocycles. The Labute approximate surface area is 106 Å². The van der Waals surface area contributed by atoms with Crippen LogP contribution in [-0.2, 0) is 14.8 Å². The highest BCUT2D eigenvalue weighted by atomic mass is 32.2. The van der Waals surface area contributed by atoms with E-state index in [0.29, 0.717) is 0 Å². The van der Waals surface area contributed by atoms with Gasteiger partial charge in [-0.05, 0) is 37.5 Å². The van der Waals surface area contributed by atoms with Crippen molar-refractivity contribution in [3.63, 3.8) is 0 Å². The summed E-state index contributed by atoms with van der Waals surface area (Å²) in [6.45, 7) is 1.87. The van der Waals surface area contributed by atoms with Gasteiger partial charge in [0, 0.05) is 5.92 Å². The molecular formula is C12H16N2O3S. The lowest BCUT2D eigenvalue weighted by Gasteiger charge is -2.14. The molecule has 1 aliphatic rings. The normalized spacial score (nSPS) is 17.2. The maximum Gasteiger partial charge on any atom is 0.238 e. The van der Waals surface area contributed by atoms with Crippen LogP contribution in [0.3, 0.4) is 0 Å². The highest BCUT2D eigenvalue weighted by Gasteiger charge is 2.30. The van der Waals surface area contributed by atoms with Gasteiger partial charge >= 0.3 is 0 Å². The average molecular weight is 268 g/mol. The van der Waals surface area contributed by atoms with Gasteiger partial charge in [0.25, 0.3) is 0 Å². The van der Waals surface area contributed by atoms with E-state index < -0.39 is 10.0 Å². The lowest BCUT2D eigenvalue weighted by molar-refractivity contribution is -0.122. The standard InChI is InChI=1S/C12H16N2O3S/c1-8(14-12(15)10-2-3-10)9-4-6-11(7-5-9)18(13,16)17/h4-8,10H,2-3H2,1H3,(H,14,15)(H2,13,16,17)/t8-/m1/s1. The molecule has 0 unspecified atom stereocenters. The Morgan fingerprint density at radius 2 is 1.89 bits per heavy atom. The molecule has 18 heavy (non-hydrogen) atoms. The van der Waals surface area contributed by atoms with Gasteiger partial charge in [0.15, 0.2) is 0 Å². The Kier molecular flexibility index (Phi) is 3.41. The molecule has 1 saturated carbocycles. The fourth-order valence-electron chi connectivity index (χ4n) is 1.71. The lowest BCUT2D eigenvalue weighted by Crippen LogP contribution is -2.27. The number of hydrogen-bond donors (Lipinski definition) is 2. The van der Waals surface area contributed by atoms with Gasteiger partial charge < -0.3 is 5.32 Å². The number of rotatable bonds is 4. The van der Waals surface area contributed by atoms with E-state index in [9.17, 15) is 13.2 Å². The molecule has 1 amide bonds. The SMILES string of the molecule is C[C@@H](NC(=O)C1CC1)c1ccc(S(N)(=O)=O)cc1. The van der Waals surface area contributed by atoms with Crippen LogP contribution in [-0.4, -0.2) is 14.3 Å². The highest BCUT2D eigenvalue weighted by molar-refractivity contribution is 7.89. The molecule has 98 valence electrons. The van der Waals surface area contributed by atoms with Crippen LogP contribution in [0.5, 0.6) is 0 Å². The first-order valence-electron chi connectivity index (χ1n) is 5.81. The molecule has 0 radical (unpaired) electrons. The van der Waals surface area contributed by atoms with Crippen molar-refractivity contribution in [2.75, 3.05) is 0 Å². The molecule has 0 spiro atoms. The zero-order valence-electron chi connectivity index (χ0n) is 10.1. The van der Waals surface area contributed by atoms with Gasteiger partial charge in [0.2, 0.25) is 15.9 Å². The molecule has 1 aliphatic carbocycles. The summed E-state index contributed by atoms with van der Waals surface area (Å²) in [6, 6.07) is 6.09. The highest BCUT2D eigenvalue weighted by Crippen LogP contribution is 2.29. The van der Waals surface area contributed by atoms with Crippen LogP contribution in [0.2, 0.25) is 0 Å². The number of nitrogens with two attached hydrogens (primary N) is 1. The van der Waals surface area contributed by atoms with E-state index in [-0.39, 0.29) is 22.8 Å². The molecular weight excluding hydrogens is 252 g/mol. The molecule has 1 aromatic carbocycles. The second-order valence-corrected chi connectivity index (χ2v) is 6.18. The van der Waals surface area contributed by atoms with E-state index in [1.165, 1.54) is 12.1 Å². The molecule has 0 aromatic heterocycles. The van der Waals surface area contributed by atoms with E-state index >= 15 is 0 Å². The first kappa shape index (κ1) is 13.0. The van der Waals surface area contributed by atoms with Gasteiger partial charge in [-0.25, -0.2) is 13.6 Å². The predicted molar refractivity (Wildman–Crippen MR) is 67.1 cm³/mol. The van der Waals surface area contributed by atoms with Crippen LogP contribution in [0, 0.1) is 5.92 Å². The summed E-state index contributed by atoms with van der Waals surface area (Å²) < 4.78 is 22.2. The topological polar surface area (TPSA) is 89.3 Å². The Morgan fingerprint density at radius 1 is 1.33 bits per heavy atom. The molecule has 0 saturated heterocycles. The molecule has 0 heterocycles. The van der Waals surface area contributed by atoms with Crippen LogP contribution in [0.4, 0.5) is 0 Å². The molecule has 5 nitrogen and oxygen atoms in total. The fraction of sp³-hybridized carbons (Fsp3) is 0.417. The van der Waals surface area contributed by atoms with E-state index in [2.05, 4.69) is 5.32 Å². The van der Waals surface area contributed by atoms with Gasteiger partial charge in [-0.1, -0.05) is 12.1 Å². The van der Waals surface area contributed by atoms with Gasteiger partial charge in [-0.2, -0.15) is 0 Å². The number of hydrogen-bond acceptors (Lipinski definition) is 3. The summed E-state index contributed by atoms with van der Waals surface area (Å²) in [5, 5.41) is 7.91. The van der Waals surface area contributed by atoms with Crippen molar-refractivity contribution in [1.29, 1.82) is 0 Å². The Morgan fingerprint density at radius 3 is 2.33 bits per heavy atom. The summed E-state index contributed by atoms with van der Waals surface area (Å²) in [4.78, 5) is 11.7. The third-order valence-electron chi connectivity index (χ3n) is 3.02. The Bertz CT molecular complexity index is 547. The summed E-state index contributed by atoms with van der Waals surface area (Å²) in [7, 11) is -3.66. The van der Waals surface area contributed by atoms with E-state index in [1.807, 2.05) is 6.92 Å². The molecule has 3 N–H and O–H groups in total. The lowest BCUT2D eigenvalue weighted by atomic mass is 10.1. The van der Waals surface area contributed by atoms with Crippen molar-refractivity contribution >= 4 is 15.9 Å². The van der Waals surface area contributed by atoms with Crippen LogP contribution in [0.1, 0.15) is 31.4 Å². The number of benzene rings is 1. The number of sulfonamides is 1. The minimum absolute atomic E-state index is 0.0676. The zero-order chi connectivity index (χ0) is 13.3. The van der Waals surface area contributed by atoms with Crippen LogP contribution < -0.4 is 10.5 Å². The Balaban J connectivity index is 2.06. The largest absolute Gasteiger partial charge is 0.349 e. The average Bonchev–Trinajstić information content (AvgIpc) is 3.11. The number of carbonyl (C=O) groups excluding carboxylic acids is 1. The number of nitrogens with one attached hydrogen (secondary N) is 1. The molecule has 1 aromatic rings. The smallest absolute Gasteiger partial charge is 0.238 e. The molecule has 1 atom stereocenters. The third-order valence-corrected chi connectivity index (χ3v) is 3.94.